The largest absolute Gasteiger partial charge is 0.342 e. The molecule has 0 aromatic rings. The molecule has 0 bridgehead atoms. The van der Waals surface area contributed by atoms with Gasteiger partial charge in [0.05, 0.1) is 5.92 Å². The van der Waals surface area contributed by atoms with E-state index in [2.05, 4.69) is 4.90 Å². The molecule has 3 unspecified atom stereocenters. The molecule has 2 heterocycles. The third-order valence-corrected chi connectivity index (χ3v) is 4.49. The molecular weight excluding hydrogens is 226 g/mol. The Morgan fingerprint density at radius 1 is 1.28 bits per heavy atom. The van der Waals surface area contributed by atoms with Crippen molar-refractivity contribution in [2.24, 2.45) is 17.6 Å². The maximum Gasteiger partial charge on any atom is 0.226 e. The number of nitrogens with zero attached hydrogens (tertiary/aromatic N) is 2. The lowest BCUT2D eigenvalue weighted by Gasteiger charge is -2.24. The highest BCUT2D eigenvalue weighted by Gasteiger charge is 2.31. The minimum Gasteiger partial charge on any atom is -0.342 e. The molecule has 2 fully saturated rings. The summed E-state index contributed by atoms with van der Waals surface area (Å²) in [5.41, 5.74) is 5.82. The van der Waals surface area contributed by atoms with Crippen LogP contribution in [0.2, 0.25) is 0 Å². The standard InChI is InChI=1S/C14H27N3O/c1-11(12(2)15)14(18)17-8-5-13(10-17)9-16-6-3-4-7-16/h11-13H,3-10,15H2,1-2H3. The topological polar surface area (TPSA) is 49.6 Å². The molecule has 2 aliphatic rings. The second kappa shape index (κ2) is 6.02. The molecule has 0 aromatic heterocycles. The Labute approximate surface area is 110 Å². The maximum absolute atomic E-state index is 12.2. The second-order valence-electron chi connectivity index (χ2n) is 6.09. The van der Waals surface area contributed by atoms with Crippen LogP contribution < -0.4 is 5.73 Å². The molecule has 18 heavy (non-hydrogen) atoms. The van der Waals surface area contributed by atoms with Gasteiger partial charge in [0, 0.05) is 25.7 Å². The highest BCUT2D eigenvalue weighted by atomic mass is 16.2. The van der Waals surface area contributed by atoms with Crippen molar-refractivity contribution in [1.29, 1.82) is 0 Å². The fraction of sp³-hybridized carbons (Fsp3) is 0.929. The number of hydrogen-bond acceptors (Lipinski definition) is 3. The molecule has 2 aliphatic heterocycles. The van der Waals surface area contributed by atoms with Crippen LogP contribution in [0.1, 0.15) is 33.1 Å². The van der Waals surface area contributed by atoms with Crippen LogP contribution in [0.4, 0.5) is 0 Å². The van der Waals surface area contributed by atoms with E-state index in [0.717, 1.165) is 19.5 Å². The summed E-state index contributed by atoms with van der Waals surface area (Å²) in [6.45, 7) is 9.40. The first-order chi connectivity index (χ1) is 8.58. The zero-order valence-corrected chi connectivity index (χ0v) is 11.8. The number of carbonyl (C=O) groups is 1. The summed E-state index contributed by atoms with van der Waals surface area (Å²) in [5, 5.41) is 0. The first-order valence-electron chi connectivity index (χ1n) is 7.34. The Bertz CT molecular complexity index is 287. The molecule has 0 spiro atoms. The van der Waals surface area contributed by atoms with E-state index in [-0.39, 0.29) is 17.9 Å². The van der Waals surface area contributed by atoms with Crippen molar-refractivity contribution >= 4 is 5.91 Å². The predicted octanol–water partition coefficient (Wildman–Crippen LogP) is 0.914. The van der Waals surface area contributed by atoms with E-state index in [1.165, 1.54) is 32.5 Å². The molecule has 3 atom stereocenters. The first-order valence-corrected chi connectivity index (χ1v) is 7.34. The summed E-state index contributed by atoms with van der Waals surface area (Å²) in [6, 6.07) is -0.0462. The van der Waals surface area contributed by atoms with Crippen LogP contribution in [-0.4, -0.2) is 54.5 Å². The molecule has 2 N–H and O–H groups in total. The van der Waals surface area contributed by atoms with E-state index in [1.54, 1.807) is 0 Å². The second-order valence-corrected chi connectivity index (χ2v) is 6.09. The lowest BCUT2D eigenvalue weighted by atomic mass is 10.0. The molecule has 4 heteroatoms. The number of likely N-dealkylation sites (tertiary alicyclic amines) is 2. The average Bonchev–Trinajstić information content (AvgIpc) is 2.99. The number of rotatable bonds is 4. The van der Waals surface area contributed by atoms with E-state index in [0.29, 0.717) is 5.92 Å². The van der Waals surface area contributed by atoms with Gasteiger partial charge in [-0.1, -0.05) is 6.92 Å². The van der Waals surface area contributed by atoms with Crippen molar-refractivity contribution in [3.8, 4) is 0 Å². The third kappa shape index (κ3) is 3.23. The van der Waals surface area contributed by atoms with Crippen LogP contribution in [0.3, 0.4) is 0 Å². The molecule has 0 aliphatic carbocycles. The van der Waals surface area contributed by atoms with E-state index in [1.807, 2.05) is 18.7 Å². The third-order valence-electron chi connectivity index (χ3n) is 4.49. The van der Waals surface area contributed by atoms with E-state index < -0.39 is 0 Å². The monoisotopic (exact) mass is 253 g/mol. The van der Waals surface area contributed by atoms with E-state index in [4.69, 9.17) is 5.73 Å². The lowest BCUT2D eigenvalue weighted by molar-refractivity contribution is -0.134. The Hall–Kier alpha value is -0.610. The quantitative estimate of drug-likeness (QED) is 0.810. The molecule has 0 saturated carbocycles. The summed E-state index contributed by atoms with van der Waals surface area (Å²) < 4.78 is 0. The van der Waals surface area contributed by atoms with Crippen LogP contribution in [0.15, 0.2) is 0 Å². The number of amides is 1. The number of nitrogens with two attached hydrogens (primary N) is 1. The molecular formula is C14H27N3O. The normalized spacial score (nSPS) is 28.6. The van der Waals surface area contributed by atoms with Gasteiger partial charge in [0.25, 0.3) is 0 Å². The summed E-state index contributed by atoms with van der Waals surface area (Å²) >= 11 is 0. The van der Waals surface area contributed by atoms with Gasteiger partial charge >= 0.3 is 0 Å². The van der Waals surface area contributed by atoms with E-state index in [9.17, 15) is 4.79 Å². The number of carbonyl (C=O) groups excluding carboxylic acids is 1. The molecule has 2 saturated heterocycles. The zero-order chi connectivity index (χ0) is 13.1. The molecule has 2 rings (SSSR count). The van der Waals surface area contributed by atoms with Crippen LogP contribution in [0.25, 0.3) is 0 Å². The van der Waals surface area contributed by atoms with Gasteiger partial charge in [-0.2, -0.15) is 0 Å². The van der Waals surface area contributed by atoms with Crippen molar-refractivity contribution < 1.29 is 4.79 Å². The van der Waals surface area contributed by atoms with Gasteiger partial charge < -0.3 is 15.5 Å². The SMILES string of the molecule is CC(N)C(C)C(=O)N1CCC(CN2CCCC2)C1. The highest BCUT2D eigenvalue weighted by Crippen LogP contribution is 2.21. The minimum atomic E-state index is -0.0462. The maximum atomic E-state index is 12.2. The molecule has 0 aromatic carbocycles. The Morgan fingerprint density at radius 2 is 1.94 bits per heavy atom. The van der Waals surface area contributed by atoms with Crippen molar-refractivity contribution in [2.45, 2.75) is 39.2 Å². The van der Waals surface area contributed by atoms with Crippen LogP contribution >= 0.6 is 0 Å². The summed E-state index contributed by atoms with van der Waals surface area (Å²) in [5.74, 6) is 0.872. The molecule has 0 radical (unpaired) electrons. The fourth-order valence-electron chi connectivity index (χ4n) is 3.03. The van der Waals surface area contributed by atoms with E-state index >= 15 is 0 Å². The van der Waals surface area contributed by atoms with Crippen molar-refractivity contribution in [1.82, 2.24) is 9.80 Å². The Balaban J connectivity index is 1.78. The summed E-state index contributed by atoms with van der Waals surface area (Å²) in [4.78, 5) is 16.8. The van der Waals surface area contributed by atoms with Crippen molar-refractivity contribution in [2.75, 3.05) is 32.7 Å². The molecule has 1 amide bonds. The lowest BCUT2D eigenvalue weighted by Crippen LogP contribution is -2.41. The van der Waals surface area contributed by atoms with Crippen LogP contribution in [-0.2, 0) is 4.79 Å². The van der Waals surface area contributed by atoms with Gasteiger partial charge in [0.2, 0.25) is 5.91 Å². The van der Waals surface area contributed by atoms with Gasteiger partial charge in [-0.15, -0.1) is 0 Å². The highest BCUT2D eigenvalue weighted by molar-refractivity contribution is 5.79. The molecule has 104 valence electrons. The molecule has 4 nitrogen and oxygen atoms in total. The first kappa shape index (κ1) is 13.8. The summed E-state index contributed by atoms with van der Waals surface area (Å²) in [7, 11) is 0. The van der Waals surface area contributed by atoms with Gasteiger partial charge in [-0.05, 0) is 45.2 Å². The summed E-state index contributed by atoms with van der Waals surface area (Å²) in [6.07, 6.45) is 3.85. The smallest absolute Gasteiger partial charge is 0.226 e. The predicted molar refractivity (Wildman–Crippen MR) is 73.2 cm³/mol. The van der Waals surface area contributed by atoms with Gasteiger partial charge in [-0.3, -0.25) is 4.79 Å². The van der Waals surface area contributed by atoms with Crippen LogP contribution in [0, 0.1) is 11.8 Å². The Morgan fingerprint density at radius 3 is 2.56 bits per heavy atom. The van der Waals surface area contributed by atoms with Crippen molar-refractivity contribution in [3.05, 3.63) is 0 Å². The van der Waals surface area contributed by atoms with Gasteiger partial charge in [0.15, 0.2) is 0 Å². The van der Waals surface area contributed by atoms with Crippen molar-refractivity contribution in [3.63, 3.8) is 0 Å². The zero-order valence-electron chi connectivity index (χ0n) is 11.8. The van der Waals surface area contributed by atoms with Gasteiger partial charge in [0.1, 0.15) is 0 Å². The van der Waals surface area contributed by atoms with Crippen LogP contribution in [0.5, 0.6) is 0 Å². The average molecular weight is 253 g/mol. The number of hydrogen-bond donors (Lipinski definition) is 1. The Kier molecular flexibility index (Phi) is 4.62. The fourth-order valence-corrected chi connectivity index (χ4v) is 3.03. The minimum absolute atomic E-state index is 0.0458. The van der Waals surface area contributed by atoms with Gasteiger partial charge in [-0.25, -0.2) is 0 Å².